The van der Waals surface area contributed by atoms with E-state index in [1.165, 1.54) is 0 Å². The monoisotopic (exact) mass is 231 g/mol. The molecular weight excluding hydrogens is 206 g/mol. The molecule has 1 fully saturated rings. The highest BCUT2D eigenvalue weighted by atomic mass is 16.7. The SMILES string of the molecule is CCNC(C1CCOC1)C(OCC)OCC. The normalized spacial score (nSPS) is 22.9. The van der Waals surface area contributed by atoms with Crippen LogP contribution in [0.15, 0.2) is 0 Å². The van der Waals surface area contributed by atoms with Gasteiger partial charge in [-0.1, -0.05) is 6.92 Å². The maximum Gasteiger partial charge on any atom is 0.173 e. The second kappa shape index (κ2) is 8.01. The summed E-state index contributed by atoms with van der Waals surface area (Å²) < 4.78 is 16.8. The van der Waals surface area contributed by atoms with E-state index < -0.39 is 0 Å². The summed E-state index contributed by atoms with van der Waals surface area (Å²) in [5.41, 5.74) is 0. The third kappa shape index (κ3) is 4.01. The molecular formula is C12H25NO3. The first-order valence-corrected chi connectivity index (χ1v) is 6.37. The Kier molecular flexibility index (Phi) is 6.96. The van der Waals surface area contributed by atoms with Crippen LogP contribution in [0, 0.1) is 5.92 Å². The van der Waals surface area contributed by atoms with Gasteiger partial charge in [-0.2, -0.15) is 0 Å². The van der Waals surface area contributed by atoms with Crippen LogP contribution in [0.3, 0.4) is 0 Å². The first-order valence-electron chi connectivity index (χ1n) is 6.37. The van der Waals surface area contributed by atoms with Crippen molar-refractivity contribution in [1.29, 1.82) is 0 Å². The fraction of sp³-hybridized carbons (Fsp3) is 1.00. The van der Waals surface area contributed by atoms with E-state index in [1.54, 1.807) is 0 Å². The maximum absolute atomic E-state index is 5.67. The number of hydrogen-bond acceptors (Lipinski definition) is 4. The zero-order chi connectivity index (χ0) is 11.8. The van der Waals surface area contributed by atoms with E-state index in [-0.39, 0.29) is 12.3 Å². The first kappa shape index (κ1) is 13.9. The van der Waals surface area contributed by atoms with Gasteiger partial charge in [-0.25, -0.2) is 0 Å². The summed E-state index contributed by atoms with van der Waals surface area (Å²) in [7, 11) is 0. The number of hydrogen-bond donors (Lipinski definition) is 1. The standard InChI is InChI=1S/C12H25NO3/c1-4-13-11(10-7-8-14-9-10)12(15-5-2)16-6-3/h10-13H,4-9H2,1-3H3. The zero-order valence-electron chi connectivity index (χ0n) is 10.7. The lowest BCUT2D eigenvalue weighted by Crippen LogP contribution is -2.48. The molecule has 0 aromatic rings. The van der Waals surface area contributed by atoms with Gasteiger partial charge in [-0.15, -0.1) is 0 Å². The Morgan fingerprint density at radius 3 is 2.38 bits per heavy atom. The second-order valence-corrected chi connectivity index (χ2v) is 3.99. The van der Waals surface area contributed by atoms with Gasteiger partial charge in [0.05, 0.1) is 12.6 Å². The highest BCUT2D eigenvalue weighted by Crippen LogP contribution is 2.21. The lowest BCUT2D eigenvalue weighted by Gasteiger charge is -2.31. The van der Waals surface area contributed by atoms with Crippen molar-refractivity contribution in [2.45, 2.75) is 39.5 Å². The third-order valence-corrected chi connectivity index (χ3v) is 2.87. The molecule has 0 bridgehead atoms. The Morgan fingerprint density at radius 2 is 1.94 bits per heavy atom. The first-order chi connectivity index (χ1) is 7.83. The molecule has 1 aliphatic heterocycles. The van der Waals surface area contributed by atoms with E-state index in [2.05, 4.69) is 12.2 Å². The van der Waals surface area contributed by atoms with Crippen molar-refractivity contribution in [3.05, 3.63) is 0 Å². The number of ether oxygens (including phenoxy) is 3. The van der Waals surface area contributed by atoms with E-state index in [0.717, 1.165) is 26.2 Å². The minimum absolute atomic E-state index is 0.151. The van der Waals surface area contributed by atoms with Gasteiger partial charge < -0.3 is 19.5 Å². The molecule has 0 aromatic heterocycles. The number of nitrogens with one attached hydrogen (secondary N) is 1. The van der Waals surface area contributed by atoms with E-state index in [1.807, 2.05) is 13.8 Å². The van der Waals surface area contributed by atoms with Gasteiger partial charge in [0.15, 0.2) is 6.29 Å². The topological polar surface area (TPSA) is 39.7 Å². The van der Waals surface area contributed by atoms with Crippen molar-refractivity contribution in [3.63, 3.8) is 0 Å². The second-order valence-electron chi connectivity index (χ2n) is 3.99. The van der Waals surface area contributed by atoms with Crippen LogP contribution in [-0.2, 0) is 14.2 Å². The Balaban J connectivity index is 2.55. The van der Waals surface area contributed by atoms with E-state index in [4.69, 9.17) is 14.2 Å². The van der Waals surface area contributed by atoms with Crippen LogP contribution in [0.25, 0.3) is 0 Å². The number of rotatable bonds is 8. The Bertz CT molecular complexity index is 166. The Labute approximate surface area is 98.6 Å². The van der Waals surface area contributed by atoms with Gasteiger partial charge in [0.1, 0.15) is 0 Å². The smallest absolute Gasteiger partial charge is 0.173 e. The molecule has 2 atom stereocenters. The maximum atomic E-state index is 5.67. The van der Waals surface area contributed by atoms with Crippen molar-refractivity contribution in [1.82, 2.24) is 5.32 Å². The molecule has 96 valence electrons. The molecule has 1 saturated heterocycles. The number of likely N-dealkylation sites (N-methyl/N-ethyl adjacent to an activating group) is 1. The quantitative estimate of drug-likeness (QED) is 0.641. The molecule has 4 nitrogen and oxygen atoms in total. The van der Waals surface area contributed by atoms with Crippen molar-refractivity contribution < 1.29 is 14.2 Å². The van der Waals surface area contributed by atoms with E-state index in [0.29, 0.717) is 19.1 Å². The van der Waals surface area contributed by atoms with Gasteiger partial charge in [0.2, 0.25) is 0 Å². The molecule has 4 heteroatoms. The van der Waals surface area contributed by atoms with Gasteiger partial charge >= 0.3 is 0 Å². The van der Waals surface area contributed by atoms with Crippen molar-refractivity contribution in [2.75, 3.05) is 33.0 Å². The average molecular weight is 231 g/mol. The molecule has 1 heterocycles. The third-order valence-electron chi connectivity index (χ3n) is 2.87. The summed E-state index contributed by atoms with van der Waals surface area (Å²) in [6.07, 6.45) is 0.940. The lowest BCUT2D eigenvalue weighted by molar-refractivity contribution is -0.162. The summed E-state index contributed by atoms with van der Waals surface area (Å²) in [4.78, 5) is 0. The summed E-state index contributed by atoms with van der Waals surface area (Å²) in [5, 5.41) is 3.46. The zero-order valence-corrected chi connectivity index (χ0v) is 10.7. The highest BCUT2D eigenvalue weighted by Gasteiger charge is 2.32. The molecule has 1 N–H and O–H groups in total. The molecule has 1 aliphatic rings. The van der Waals surface area contributed by atoms with Crippen LogP contribution in [-0.4, -0.2) is 45.3 Å². The van der Waals surface area contributed by atoms with Gasteiger partial charge in [-0.3, -0.25) is 0 Å². The predicted molar refractivity (Wildman–Crippen MR) is 63.4 cm³/mol. The van der Waals surface area contributed by atoms with Crippen molar-refractivity contribution >= 4 is 0 Å². The van der Waals surface area contributed by atoms with Crippen LogP contribution < -0.4 is 5.32 Å². The summed E-state index contributed by atoms with van der Waals surface area (Å²) >= 11 is 0. The van der Waals surface area contributed by atoms with Crippen LogP contribution in [0.1, 0.15) is 27.2 Å². The molecule has 0 spiro atoms. The Morgan fingerprint density at radius 1 is 1.25 bits per heavy atom. The molecule has 0 radical (unpaired) electrons. The molecule has 0 aliphatic carbocycles. The van der Waals surface area contributed by atoms with Crippen molar-refractivity contribution in [3.8, 4) is 0 Å². The van der Waals surface area contributed by atoms with E-state index in [9.17, 15) is 0 Å². The summed E-state index contributed by atoms with van der Waals surface area (Å²) in [6, 6.07) is 0.243. The van der Waals surface area contributed by atoms with Crippen LogP contribution >= 0.6 is 0 Å². The van der Waals surface area contributed by atoms with Crippen molar-refractivity contribution in [2.24, 2.45) is 5.92 Å². The Hall–Kier alpha value is -0.160. The lowest BCUT2D eigenvalue weighted by atomic mass is 9.98. The van der Waals surface area contributed by atoms with Gasteiger partial charge in [-0.05, 0) is 26.8 Å². The largest absolute Gasteiger partial charge is 0.381 e. The average Bonchev–Trinajstić information content (AvgIpc) is 2.79. The fourth-order valence-corrected chi connectivity index (χ4v) is 2.14. The predicted octanol–water partition coefficient (Wildman–Crippen LogP) is 1.40. The fourth-order valence-electron chi connectivity index (χ4n) is 2.14. The van der Waals surface area contributed by atoms with Crippen LogP contribution in [0.2, 0.25) is 0 Å². The summed E-state index contributed by atoms with van der Waals surface area (Å²) in [5.74, 6) is 0.503. The van der Waals surface area contributed by atoms with E-state index >= 15 is 0 Å². The van der Waals surface area contributed by atoms with Crippen LogP contribution in [0.5, 0.6) is 0 Å². The molecule has 0 amide bonds. The van der Waals surface area contributed by atoms with Gasteiger partial charge in [0.25, 0.3) is 0 Å². The molecule has 0 saturated carbocycles. The van der Waals surface area contributed by atoms with Crippen LogP contribution in [0.4, 0.5) is 0 Å². The molecule has 16 heavy (non-hydrogen) atoms. The minimum Gasteiger partial charge on any atom is -0.381 e. The van der Waals surface area contributed by atoms with Gasteiger partial charge in [0, 0.05) is 25.7 Å². The molecule has 1 rings (SSSR count). The minimum atomic E-state index is -0.151. The molecule has 0 aromatic carbocycles. The summed E-state index contributed by atoms with van der Waals surface area (Å²) in [6.45, 7) is 10.1. The highest BCUT2D eigenvalue weighted by molar-refractivity contribution is 4.82. The molecule has 2 unspecified atom stereocenters.